The molecule has 0 radical (unpaired) electrons. The topological polar surface area (TPSA) is 30.5 Å². The van der Waals surface area contributed by atoms with Crippen LogP contribution in [0.5, 0.6) is 11.5 Å². The first-order chi connectivity index (χ1) is 10.1. The Balaban J connectivity index is 1.76. The van der Waals surface area contributed by atoms with Crippen LogP contribution < -0.4 is 14.8 Å². The Morgan fingerprint density at radius 1 is 1.00 bits per heavy atom. The molecule has 0 unspecified atom stereocenters. The molecular weight excluding hydrogens is 398 g/mol. The van der Waals surface area contributed by atoms with Crippen molar-refractivity contribution in [2.45, 2.75) is 13.5 Å². The summed E-state index contributed by atoms with van der Waals surface area (Å²) >= 11 is 7.19. The van der Waals surface area contributed by atoms with E-state index in [1.54, 1.807) is 0 Å². The predicted octanol–water partition coefficient (Wildman–Crippen LogP) is 4.90. The zero-order valence-corrected chi connectivity index (χ0v) is 14.8. The van der Waals surface area contributed by atoms with Gasteiger partial charge >= 0.3 is 0 Å². The largest absolute Gasteiger partial charge is 0.486 e. The smallest absolute Gasteiger partial charge is 0.161 e. The minimum atomic E-state index is 0.610. The van der Waals surface area contributed by atoms with Gasteiger partial charge in [0.25, 0.3) is 0 Å². The Bertz CT molecular complexity index is 650. The number of anilines is 1. The molecule has 2 aromatic carbocycles. The quantitative estimate of drug-likeness (QED) is 0.777. The van der Waals surface area contributed by atoms with Gasteiger partial charge in [-0.05, 0) is 74.2 Å². The molecule has 0 saturated carbocycles. The molecule has 5 heteroatoms. The molecule has 3 rings (SSSR count). The van der Waals surface area contributed by atoms with E-state index in [1.165, 1.54) is 5.56 Å². The molecule has 0 aliphatic carbocycles. The molecule has 3 nitrogen and oxygen atoms in total. The predicted molar refractivity (Wildman–Crippen MR) is 91.3 cm³/mol. The zero-order valence-electron chi connectivity index (χ0n) is 11.6. The Morgan fingerprint density at radius 2 is 1.67 bits per heavy atom. The molecule has 2 aromatic rings. The van der Waals surface area contributed by atoms with E-state index in [4.69, 9.17) is 9.47 Å². The summed E-state index contributed by atoms with van der Waals surface area (Å²) < 4.78 is 13.2. The molecule has 1 N–H and O–H groups in total. The summed E-state index contributed by atoms with van der Waals surface area (Å²) in [4.78, 5) is 0. The van der Waals surface area contributed by atoms with Gasteiger partial charge in [0.2, 0.25) is 0 Å². The second-order valence-corrected chi connectivity index (χ2v) is 6.64. The first kappa shape index (κ1) is 14.7. The van der Waals surface area contributed by atoms with Crippen molar-refractivity contribution in [1.82, 2.24) is 0 Å². The molecule has 110 valence electrons. The van der Waals surface area contributed by atoms with Crippen molar-refractivity contribution in [3.8, 4) is 11.5 Å². The van der Waals surface area contributed by atoms with Gasteiger partial charge in [0.1, 0.15) is 13.2 Å². The van der Waals surface area contributed by atoms with E-state index in [0.717, 1.165) is 38.2 Å². The third-order valence-electron chi connectivity index (χ3n) is 3.26. The van der Waals surface area contributed by atoms with Crippen molar-refractivity contribution in [3.63, 3.8) is 0 Å². The Morgan fingerprint density at radius 3 is 2.38 bits per heavy atom. The molecule has 1 heterocycles. The molecular formula is C16H15Br2NO2. The highest BCUT2D eigenvalue weighted by Gasteiger charge is 2.12. The number of benzene rings is 2. The molecule has 0 atom stereocenters. The Hall–Kier alpha value is -1.20. The van der Waals surface area contributed by atoms with E-state index < -0.39 is 0 Å². The summed E-state index contributed by atoms with van der Waals surface area (Å²) in [7, 11) is 0. The second kappa shape index (κ2) is 6.28. The van der Waals surface area contributed by atoms with Crippen LogP contribution >= 0.6 is 31.9 Å². The van der Waals surface area contributed by atoms with Crippen LogP contribution in [0.4, 0.5) is 5.69 Å². The van der Waals surface area contributed by atoms with E-state index >= 15 is 0 Å². The molecule has 0 saturated heterocycles. The lowest BCUT2D eigenvalue weighted by atomic mass is 10.1. The summed E-state index contributed by atoms with van der Waals surface area (Å²) in [6.45, 7) is 4.02. The lowest BCUT2D eigenvalue weighted by Gasteiger charge is -2.19. The minimum absolute atomic E-state index is 0.610. The van der Waals surface area contributed by atoms with Crippen molar-refractivity contribution < 1.29 is 9.47 Å². The maximum atomic E-state index is 5.61. The zero-order chi connectivity index (χ0) is 14.8. The first-order valence-electron chi connectivity index (χ1n) is 6.71. The fourth-order valence-corrected chi connectivity index (χ4v) is 3.95. The van der Waals surface area contributed by atoms with Gasteiger partial charge in [-0.25, -0.2) is 0 Å². The van der Waals surface area contributed by atoms with Gasteiger partial charge in [-0.3, -0.25) is 0 Å². The van der Waals surface area contributed by atoms with Crippen LogP contribution in [0.1, 0.15) is 11.1 Å². The summed E-state index contributed by atoms with van der Waals surface area (Å²) in [6, 6.07) is 10.2. The van der Waals surface area contributed by atoms with Gasteiger partial charge < -0.3 is 14.8 Å². The molecule has 21 heavy (non-hydrogen) atoms. The van der Waals surface area contributed by atoms with Gasteiger partial charge in [0.05, 0.1) is 5.69 Å². The fraction of sp³-hybridized carbons (Fsp3) is 0.250. The number of rotatable bonds is 3. The van der Waals surface area contributed by atoms with Crippen LogP contribution in [0.3, 0.4) is 0 Å². The SMILES string of the molecule is Cc1cc(Br)c(NCc2ccc3c(c2)OCCO3)c(Br)c1. The highest BCUT2D eigenvalue weighted by molar-refractivity contribution is 9.11. The molecule has 1 aliphatic heterocycles. The van der Waals surface area contributed by atoms with Gasteiger partial charge in [-0.15, -0.1) is 0 Å². The second-order valence-electron chi connectivity index (χ2n) is 4.94. The van der Waals surface area contributed by atoms with Crippen molar-refractivity contribution in [2.75, 3.05) is 18.5 Å². The lowest BCUT2D eigenvalue weighted by molar-refractivity contribution is 0.171. The van der Waals surface area contributed by atoms with Gasteiger partial charge in [0, 0.05) is 15.5 Å². The molecule has 0 spiro atoms. The van der Waals surface area contributed by atoms with Crippen LogP contribution in [0, 0.1) is 6.92 Å². The van der Waals surface area contributed by atoms with E-state index in [1.807, 2.05) is 12.1 Å². The molecule has 0 fully saturated rings. The highest BCUT2D eigenvalue weighted by atomic mass is 79.9. The maximum absolute atomic E-state index is 5.61. The number of fused-ring (bicyclic) bond motifs is 1. The van der Waals surface area contributed by atoms with Crippen LogP contribution in [0.25, 0.3) is 0 Å². The van der Waals surface area contributed by atoms with Gasteiger partial charge in [-0.1, -0.05) is 6.07 Å². The van der Waals surface area contributed by atoms with E-state index in [0.29, 0.717) is 13.2 Å². The standard InChI is InChI=1S/C16H15Br2NO2/c1-10-6-12(17)16(13(18)7-10)19-9-11-2-3-14-15(8-11)21-5-4-20-14/h2-3,6-8,19H,4-5,9H2,1H3. The van der Waals surface area contributed by atoms with Crippen LogP contribution in [0.2, 0.25) is 0 Å². The normalized spacial score (nSPS) is 13.1. The van der Waals surface area contributed by atoms with Crippen LogP contribution in [-0.2, 0) is 6.54 Å². The average molecular weight is 413 g/mol. The van der Waals surface area contributed by atoms with Crippen molar-refractivity contribution in [1.29, 1.82) is 0 Å². The first-order valence-corrected chi connectivity index (χ1v) is 8.30. The Kier molecular flexibility index (Phi) is 4.40. The van der Waals surface area contributed by atoms with Crippen LogP contribution in [-0.4, -0.2) is 13.2 Å². The monoisotopic (exact) mass is 411 g/mol. The van der Waals surface area contributed by atoms with E-state index in [2.05, 4.69) is 62.3 Å². The van der Waals surface area contributed by atoms with Gasteiger partial charge in [-0.2, -0.15) is 0 Å². The van der Waals surface area contributed by atoms with Crippen LogP contribution in [0.15, 0.2) is 39.3 Å². The number of nitrogens with one attached hydrogen (secondary N) is 1. The Labute approximate surface area is 140 Å². The van der Waals surface area contributed by atoms with E-state index in [9.17, 15) is 0 Å². The maximum Gasteiger partial charge on any atom is 0.161 e. The summed E-state index contributed by atoms with van der Waals surface area (Å²) in [5, 5.41) is 3.44. The van der Waals surface area contributed by atoms with Crippen molar-refractivity contribution in [3.05, 3.63) is 50.4 Å². The molecule has 1 aliphatic rings. The third kappa shape index (κ3) is 3.35. The third-order valence-corrected chi connectivity index (χ3v) is 4.51. The molecule has 0 bridgehead atoms. The molecule has 0 aromatic heterocycles. The van der Waals surface area contributed by atoms with E-state index in [-0.39, 0.29) is 0 Å². The van der Waals surface area contributed by atoms with Crippen molar-refractivity contribution >= 4 is 37.5 Å². The number of aryl methyl sites for hydroxylation is 1. The molecule has 0 amide bonds. The highest BCUT2D eigenvalue weighted by Crippen LogP contribution is 2.34. The number of ether oxygens (including phenoxy) is 2. The summed E-state index contributed by atoms with van der Waals surface area (Å²) in [5.74, 6) is 1.64. The summed E-state index contributed by atoms with van der Waals surface area (Å²) in [5.41, 5.74) is 3.41. The van der Waals surface area contributed by atoms with Crippen molar-refractivity contribution in [2.24, 2.45) is 0 Å². The lowest BCUT2D eigenvalue weighted by Crippen LogP contribution is -2.15. The average Bonchev–Trinajstić information content (AvgIpc) is 2.46. The fourth-order valence-electron chi connectivity index (χ4n) is 2.26. The number of hydrogen-bond acceptors (Lipinski definition) is 3. The minimum Gasteiger partial charge on any atom is -0.486 e. The van der Waals surface area contributed by atoms with Gasteiger partial charge in [0.15, 0.2) is 11.5 Å². The number of halogens is 2. The number of hydrogen-bond donors (Lipinski definition) is 1. The summed E-state index contributed by atoms with van der Waals surface area (Å²) in [6.07, 6.45) is 0.